The Hall–Kier alpha value is -2.70. The molecule has 1 aliphatic heterocycles. The molecule has 3 unspecified atom stereocenters. The largest absolute Gasteiger partial charge is 0.367 e. The van der Waals surface area contributed by atoms with Crippen LogP contribution < -0.4 is 10.6 Å². The molecule has 1 aliphatic carbocycles. The van der Waals surface area contributed by atoms with Gasteiger partial charge in [0, 0.05) is 17.0 Å². The van der Waals surface area contributed by atoms with Gasteiger partial charge in [0.15, 0.2) is 5.78 Å². The smallest absolute Gasteiger partial charge is 0.251 e. The number of hydrogen-bond donors (Lipinski definition) is 2. The lowest BCUT2D eigenvalue weighted by Crippen LogP contribution is -2.60. The third kappa shape index (κ3) is 4.97. The second kappa shape index (κ2) is 9.65. The van der Waals surface area contributed by atoms with E-state index in [4.69, 9.17) is 16.3 Å². The van der Waals surface area contributed by atoms with Crippen LogP contribution >= 0.6 is 11.6 Å². The van der Waals surface area contributed by atoms with Crippen molar-refractivity contribution in [1.82, 2.24) is 10.6 Å². The van der Waals surface area contributed by atoms with E-state index in [1.165, 1.54) is 0 Å². The molecule has 2 aromatic rings. The first-order valence-corrected chi connectivity index (χ1v) is 11.8. The van der Waals surface area contributed by atoms with Gasteiger partial charge < -0.3 is 15.4 Å². The molecule has 6 nitrogen and oxygen atoms in total. The van der Waals surface area contributed by atoms with Crippen molar-refractivity contribution in [2.24, 2.45) is 0 Å². The summed E-state index contributed by atoms with van der Waals surface area (Å²) in [6.07, 6.45) is 2.08. The molecule has 0 radical (unpaired) electrons. The summed E-state index contributed by atoms with van der Waals surface area (Å²) >= 11 is 6.00. The number of rotatable bonds is 7. The van der Waals surface area contributed by atoms with Crippen molar-refractivity contribution < 1.29 is 19.1 Å². The molecule has 2 fully saturated rings. The van der Waals surface area contributed by atoms with Crippen molar-refractivity contribution >= 4 is 29.2 Å². The maximum absolute atomic E-state index is 13.4. The Morgan fingerprint density at radius 2 is 1.82 bits per heavy atom. The second-order valence-electron chi connectivity index (χ2n) is 9.21. The predicted octanol–water partition coefficient (Wildman–Crippen LogP) is 3.81. The molecule has 0 aromatic heterocycles. The number of halogens is 1. The average molecular weight is 469 g/mol. The zero-order valence-corrected chi connectivity index (χ0v) is 19.7. The minimum absolute atomic E-state index is 0.0152. The van der Waals surface area contributed by atoms with Crippen LogP contribution in [0.5, 0.6) is 0 Å². The molecular weight excluding hydrogens is 440 g/mol. The van der Waals surface area contributed by atoms with E-state index >= 15 is 0 Å². The van der Waals surface area contributed by atoms with Crippen molar-refractivity contribution in [3.05, 3.63) is 70.2 Å². The van der Waals surface area contributed by atoms with E-state index in [0.717, 1.165) is 24.0 Å². The van der Waals surface area contributed by atoms with Crippen LogP contribution in [0, 0.1) is 0 Å². The lowest BCUT2D eigenvalue weighted by Gasteiger charge is -2.30. The maximum Gasteiger partial charge on any atom is 0.251 e. The Morgan fingerprint density at radius 1 is 1.12 bits per heavy atom. The van der Waals surface area contributed by atoms with Crippen molar-refractivity contribution in [2.75, 3.05) is 6.61 Å². The Balaban J connectivity index is 1.54. The lowest BCUT2D eigenvalue weighted by atomic mass is 9.91. The molecule has 1 saturated carbocycles. The van der Waals surface area contributed by atoms with E-state index in [2.05, 4.69) is 24.5 Å². The van der Waals surface area contributed by atoms with Crippen molar-refractivity contribution in [2.45, 2.75) is 63.1 Å². The molecule has 0 bridgehead atoms. The Morgan fingerprint density at radius 3 is 2.48 bits per heavy atom. The fraction of sp³-hybridized carbons (Fsp3) is 0.423. The lowest BCUT2D eigenvalue weighted by molar-refractivity contribution is -0.131. The van der Waals surface area contributed by atoms with Crippen LogP contribution in [0.1, 0.15) is 60.5 Å². The van der Waals surface area contributed by atoms with Crippen molar-refractivity contribution in [3.8, 4) is 0 Å². The molecular formula is C26H29ClN2O4. The maximum atomic E-state index is 13.4. The van der Waals surface area contributed by atoms with E-state index in [1.807, 2.05) is 24.3 Å². The molecule has 174 valence electrons. The first-order valence-electron chi connectivity index (χ1n) is 11.4. The zero-order valence-electron chi connectivity index (χ0n) is 18.9. The van der Waals surface area contributed by atoms with Crippen LogP contribution in [0.25, 0.3) is 0 Å². The third-order valence-electron chi connectivity index (χ3n) is 6.66. The predicted molar refractivity (Wildman–Crippen MR) is 126 cm³/mol. The molecule has 7 heteroatoms. The minimum Gasteiger partial charge on any atom is -0.367 e. The van der Waals surface area contributed by atoms with Gasteiger partial charge in [0.05, 0.1) is 6.10 Å². The van der Waals surface area contributed by atoms with Gasteiger partial charge >= 0.3 is 0 Å². The molecule has 2 aromatic carbocycles. The number of fused-ring (bicyclic) bond motifs is 1. The number of ether oxygens (including phenoxy) is 1. The van der Waals surface area contributed by atoms with Gasteiger partial charge in [-0.3, -0.25) is 14.4 Å². The molecule has 2 aliphatic rings. The summed E-state index contributed by atoms with van der Waals surface area (Å²) in [5.41, 5.74) is 1.47. The minimum atomic E-state index is -0.987. The van der Waals surface area contributed by atoms with Gasteiger partial charge in [-0.05, 0) is 60.6 Å². The quantitative estimate of drug-likeness (QED) is 0.647. The fourth-order valence-electron chi connectivity index (χ4n) is 4.67. The molecule has 1 heterocycles. The number of hydrogen-bond acceptors (Lipinski definition) is 4. The summed E-state index contributed by atoms with van der Waals surface area (Å²) in [7, 11) is 0. The van der Waals surface area contributed by atoms with Crippen LogP contribution in [0.2, 0.25) is 5.02 Å². The Bertz CT molecular complexity index is 1040. The standard InChI is InChI=1S/C26H29ClN2O4/c1-16(2)18-7-9-19(10-8-18)24(31)28-21(14-17-5-11-20(27)12-6-17)25(32)29-26-13-3-4-23(26)33-15-22(26)30/h5-12,16,21,23H,3-4,13-15H2,1-2H3,(H,28,31)(H,29,32). The van der Waals surface area contributed by atoms with Crippen LogP contribution in [-0.4, -0.2) is 41.9 Å². The zero-order chi connectivity index (χ0) is 23.6. The topological polar surface area (TPSA) is 84.5 Å². The second-order valence-corrected chi connectivity index (χ2v) is 9.65. The van der Waals surface area contributed by atoms with Gasteiger partial charge in [-0.25, -0.2) is 0 Å². The summed E-state index contributed by atoms with van der Waals surface area (Å²) in [4.78, 5) is 39.0. The summed E-state index contributed by atoms with van der Waals surface area (Å²) in [5, 5.41) is 6.43. The van der Waals surface area contributed by atoms with Crippen LogP contribution in [0.4, 0.5) is 0 Å². The summed E-state index contributed by atoms with van der Waals surface area (Å²) < 4.78 is 5.62. The molecule has 33 heavy (non-hydrogen) atoms. The van der Waals surface area contributed by atoms with Gasteiger partial charge in [0.2, 0.25) is 5.91 Å². The molecule has 3 atom stereocenters. The fourth-order valence-corrected chi connectivity index (χ4v) is 4.80. The number of nitrogens with one attached hydrogen (secondary N) is 2. The van der Waals surface area contributed by atoms with Gasteiger partial charge in [-0.2, -0.15) is 0 Å². The molecule has 4 rings (SSSR count). The van der Waals surface area contributed by atoms with Crippen LogP contribution in [0.3, 0.4) is 0 Å². The van der Waals surface area contributed by atoms with E-state index in [1.54, 1.807) is 24.3 Å². The third-order valence-corrected chi connectivity index (χ3v) is 6.91. The number of ketones is 1. The van der Waals surface area contributed by atoms with Gasteiger partial charge in [0.25, 0.3) is 5.91 Å². The highest BCUT2D eigenvalue weighted by Gasteiger charge is 2.55. The van der Waals surface area contributed by atoms with Crippen LogP contribution in [-0.2, 0) is 20.7 Å². The van der Waals surface area contributed by atoms with Gasteiger partial charge in [-0.15, -0.1) is 0 Å². The molecule has 2 N–H and O–H groups in total. The number of benzene rings is 2. The number of amides is 2. The monoisotopic (exact) mass is 468 g/mol. The summed E-state index contributed by atoms with van der Waals surface area (Å²) in [5.74, 6) is -0.466. The van der Waals surface area contributed by atoms with E-state index < -0.39 is 11.6 Å². The van der Waals surface area contributed by atoms with E-state index in [-0.39, 0.29) is 36.7 Å². The average Bonchev–Trinajstić information content (AvgIpc) is 3.34. The highest BCUT2D eigenvalue weighted by atomic mass is 35.5. The van der Waals surface area contributed by atoms with Crippen molar-refractivity contribution in [3.63, 3.8) is 0 Å². The van der Waals surface area contributed by atoms with E-state index in [9.17, 15) is 14.4 Å². The number of carbonyl (C=O) groups is 3. The SMILES string of the molecule is CC(C)c1ccc(C(=O)NC(Cc2ccc(Cl)cc2)C(=O)NC23CCCC2OCC3=O)cc1. The first kappa shape index (κ1) is 23.5. The Labute approximate surface area is 199 Å². The summed E-state index contributed by atoms with van der Waals surface area (Å²) in [6.45, 7) is 4.19. The normalized spacial score (nSPS) is 22.8. The first-order chi connectivity index (χ1) is 15.8. The van der Waals surface area contributed by atoms with E-state index in [0.29, 0.717) is 22.9 Å². The molecule has 2 amide bonds. The van der Waals surface area contributed by atoms with Crippen molar-refractivity contribution in [1.29, 1.82) is 0 Å². The van der Waals surface area contributed by atoms with Gasteiger partial charge in [0.1, 0.15) is 18.2 Å². The summed E-state index contributed by atoms with van der Waals surface area (Å²) in [6, 6.07) is 13.7. The highest BCUT2D eigenvalue weighted by Crippen LogP contribution is 2.37. The number of Topliss-reactive ketones (excluding diaryl/α,β-unsaturated/α-hetero) is 1. The highest BCUT2D eigenvalue weighted by molar-refractivity contribution is 6.30. The molecule has 1 saturated heterocycles. The number of carbonyl (C=O) groups excluding carboxylic acids is 3. The van der Waals surface area contributed by atoms with Gasteiger partial charge in [-0.1, -0.05) is 49.7 Å². The Kier molecular flexibility index (Phi) is 6.86. The molecule has 0 spiro atoms. The van der Waals surface area contributed by atoms with Crippen LogP contribution in [0.15, 0.2) is 48.5 Å².